The van der Waals surface area contributed by atoms with Gasteiger partial charge in [-0.25, -0.2) is 4.79 Å². The summed E-state index contributed by atoms with van der Waals surface area (Å²) >= 11 is 0. The highest BCUT2D eigenvalue weighted by Crippen LogP contribution is 2.40. The Morgan fingerprint density at radius 3 is 3.11 bits per heavy atom. The van der Waals surface area contributed by atoms with E-state index in [1.54, 1.807) is 0 Å². The maximum absolute atomic E-state index is 11.9. The number of carbonyl (C=O) groups excluding carboxylic acids is 2. The van der Waals surface area contributed by atoms with Gasteiger partial charge in [-0.05, 0) is 5.92 Å². The van der Waals surface area contributed by atoms with E-state index in [9.17, 15) is 9.59 Å². The number of rotatable bonds is 2. The Hall–Kier alpha value is -1.50. The largest absolute Gasteiger partial charge is 0.448 e. The minimum atomic E-state index is -0.522. The number of carbonyl (C=O) groups is 2. The molecule has 3 aliphatic rings. The molecule has 7 nitrogen and oxygen atoms in total. The second kappa shape index (κ2) is 4.01. The van der Waals surface area contributed by atoms with Crippen LogP contribution in [0.15, 0.2) is 10.3 Å². The number of hydrogen-bond donors (Lipinski definition) is 0. The SMILES string of the molecule is CC(C)COC(=O)N1N=N[C@@H]2[C@H]1[C@H]1CC(=O)[C@@H]2O1. The van der Waals surface area contributed by atoms with Gasteiger partial charge in [-0.2, -0.15) is 10.1 Å². The molecule has 0 aromatic rings. The first-order valence-corrected chi connectivity index (χ1v) is 6.13. The Morgan fingerprint density at radius 2 is 2.39 bits per heavy atom. The zero-order chi connectivity index (χ0) is 12.9. The van der Waals surface area contributed by atoms with Gasteiger partial charge in [-0.15, -0.1) is 0 Å². The lowest BCUT2D eigenvalue weighted by Gasteiger charge is -2.24. The summed E-state index contributed by atoms with van der Waals surface area (Å²) < 4.78 is 10.6. The molecule has 0 aromatic heterocycles. The highest BCUT2D eigenvalue weighted by atomic mass is 16.6. The van der Waals surface area contributed by atoms with Gasteiger partial charge in [0.15, 0.2) is 5.78 Å². The zero-order valence-corrected chi connectivity index (χ0v) is 10.3. The quantitative estimate of drug-likeness (QED) is 0.733. The van der Waals surface area contributed by atoms with E-state index in [-0.39, 0.29) is 29.9 Å². The zero-order valence-electron chi connectivity index (χ0n) is 10.3. The van der Waals surface area contributed by atoms with Crippen molar-refractivity contribution in [1.82, 2.24) is 5.01 Å². The Balaban J connectivity index is 1.68. The number of Topliss-reactive ketones (excluding diaryl/α,β-unsaturated/α-hetero) is 1. The van der Waals surface area contributed by atoms with Crippen LogP contribution in [0, 0.1) is 5.92 Å². The van der Waals surface area contributed by atoms with Crippen LogP contribution in [0.1, 0.15) is 20.3 Å². The van der Waals surface area contributed by atoms with Gasteiger partial charge in [0.05, 0.1) is 12.7 Å². The predicted octanol–water partition coefficient (Wildman–Crippen LogP) is 0.939. The van der Waals surface area contributed by atoms with E-state index in [1.807, 2.05) is 13.8 Å². The molecule has 2 fully saturated rings. The number of nitrogens with zero attached hydrogens (tertiary/aromatic N) is 3. The van der Waals surface area contributed by atoms with Gasteiger partial charge in [0.2, 0.25) is 0 Å². The van der Waals surface area contributed by atoms with E-state index in [0.29, 0.717) is 13.0 Å². The van der Waals surface area contributed by atoms with Gasteiger partial charge < -0.3 is 9.47 Å². The van der Waals surface area contributed by atoms with Crippen molar-refractivity contribution < 1.29 is 19.1 Å². The van der Waals surface area contributed by atoms with E-state index in [2.05, 4.69) is 10.3 Å². The molecule has 0 radical (unpaired) electrons. The highest BCUT2D eigenvalue weighted by Gasteiger charge is 2.60. The molecule has 0 unspecified atom stereocenters. The van der Waals surface area contributed by atoms with Gasteiger partial charge in [0.25, 0.3) is 0 Å². The fourth-order valence-electron chi connectivity index (χ4n) is 2.57. The topological polar surface area (TPSA) is 80.6 Å². The Kier molecular flexibility index (Phi) is 2.58. The maximum atomic E-state index is 11.9. The van der Waals surface area contributed by atoms with Crippen LogP contribution in [0.2, 0.25) is 0 Å². The van der Waals surface area contributed by atoms with Crippen molar-refractivity contribution >= 4 is 11.9 Å². The second-order valence-electron chi connectivity index (χ2n) is 5.27. The third kappa shape index (κ3) is 1.61. The molecular weight excluding hydrogens is 238 g/mol. The minimum absolute atomic E-state index is 0.0533. The summed E-state index contributed by atoms with van der Waals surface area (Å²) in [5.74, 6) is 0.319. The number of ether oxygens (including phenoxy) is 2. The lowest BCUT2D eigenvalue weighted by molar-refractivity contribution is -0.122. The third-order valence-corrected chi connectivity index (χ3v) is 3.37. The van der Waals surface area contributed by atoms with Crippen molar-refractivity contribution in [2.45, 2.75) is 44.6 Å². The standard InChI is InChI=1S/C11H15N3O4/c1-5(2)4-17-11(16)14-9-7-3-6(15)10(18-7)8(9)12-13-14/h5,7-10H,3-4H2,1-2H3/t7-,8-,9-,10+/m1/s1. The molecule has 2 bridgehead atoms. The van der Waals surface area contributed by atoms with Crippen LogP contribution in [0.3, 0.4) is 0 Å². The molecule has 2 saturated heterocycles. The number of fused-ring (bicyclic) bond motifs is 5. The van der Waals surface area contributed by atoms with Crippen molar-refractivity contribution in [3.8, 4) is 0 Å². The predicted molar refractivity (Wildman–Crippen MR) is 58.7 cm³/mol. The van der Waals surface area contributed by atoms with E-state index >= 15 is 0 Å². The Labute approximate surface area is 104 Å². The van der Waals surface area contributed by atoms with E-state index in [1.165, 1.54) is 5.01 Å². The van der Waals surface area contributed by atoms with Gasteiger partial charge in [-0.1, -0.05) is 19.1 Å². The molecule has 0 spiro atoms. The first kappa shape index (κ1) is 11.6. The summed E-state index contributed by atoms with van der Waals surface area (Å²) in [6, 6.07) is -0.616. The number of amides is 1. The van der Waals surface area contributed by atoms with Crippen molar-refractivity contribution in [1.29, 1.82) is 0 Å². The van der Waals surface area contributed by atoms with Crippen molar-refractivity contribution in [2.24, 2.45) is 16.3 Å². The molecule has 0 aliphatic carbocycles. The van der Waals surface area contributed by atoms with Crippen molar-refractivity contribution in [2.75, 3.05) is 6.61 Å². The summed E-state index contributed by atoms with van der Waals surface area (Å²) in [4.78, 5) is 23.4. The first-order chi connectivity index (χ1) is 8.58. The van der Waals surface area contributed by atoms with Gasteiger partial charge in [-0.3, -0.25) is 4.79 Å². The molecule has 98 valence electrons. The van der Waals surface area contributed by atoms with E-state index in [4.69, 9.17) is 9.47 Å². The van der Waals surface area contributed by atoms with Gasteiger partial charge in [0.1, 0.15) is 18.2 Å². The molecule has 7 heteroatoms. The smallest absolute Gasteiger partial charge is 0.432 e. The molecular formula is C11H15N3O4. The molecule has 3 heterocycles. The van der Waals surface area contributed by atoms with E-state index in [0.717, 1.165) is 0 Å². The molecule has 0 N–H and O–H groups in total. The van der Waals surface area contributed by atoms with Crippen LogP contribution < -0.4 is 0 Å². The fourth-order valence-corrected chi connectivity index (χ4v) is 2.57. The first-order valence-electron chi connectivity index (χ1n) is 6.13. The molecule has 3 rings (SSSR count). The van der Waals surface area contributed by atoms with Crippen LogP contribution in [0.25, 0.3) is 0 Å². The Morgan fingerprint density at radius 1 is 1.61 bits per heavy atom. The maximum Gasteiger partial charge on any atom is 0.432 e. The van der Waals surface area contributed by atoms with Crippen LogP contribution in [0.5, 0.6) is 0 Å². The highest BCUT2D eigenvalue weighted by molar-refractivity contribution is 5.88. The minimum Gasteiger partial charge on any atom is -0.448 e. The second-order valence-corrected chi connectivity index (χ2v) is 5.27. The van der Waals surface area contributed by atoms with Gasteiger partial charge in [0, 0.05) is 6.42 Å². The van der Waals surface area contributed by atoms with E-state index < -0.39 is 12.2 Å². The third-order valence-electron chi connectivity index (χ3n) is 3.37. The lowest BCUT2D eigenvalue weighted by Crippen LogP contribution is -2.48. The van der Waals surface area contributed by atoms with Crippen LogP contribution in [-0.4, -0.2) is 47.8 Å². The van der Waals surface area contributed by atoms with Crippen LogP contribution in [-0.2, 0) is 14.3 Å². The summed E-state index contributed by atoms with van der Waals surface area (Å²) in [7, 11) is 0. The average Bonchev–Trinajstić information content (AvgIpc) is 2.95. The van der Waals surface area contributed by atoms with Crippen molar-refractivity contribution in [3.05, 3.63) is 0 Å². The van der Waals surface area contributed by atoms with Crippen LogP contribution in [0.4, 0.5) is 4.79 Å². The average molecular weight is 253 g/mol. The molecule has 0 saturated carbocycles. The number of hydrogen-bond acceptors (Lipinski definition) is 6. The fraction of sp³-hybridized carbons (Fsp3) is 0.818. The summed E-state index contributed by atoms with van der Waals surface area (Å²) in [6.45, 7) is 4.26. The molecule has 1 amide bonds. The summed E-state index contributed by atoms with van der Waals surface area (Å²) in [6.07, 6.45) is -0.977. The molecule has 4 atom stereocenters. The number of ketones is 1. The normalized spacial score (nSPS) is 36.6. The monoisotopic (exact) mass is 253 g/mol. The molecule has 3 aliphatic heterocycles. The summed E-state index contributed by atoms with van der Waals surface area (Å²) in [5.41, 5.74) is 0. The van der Waals surface area contributed by atoms with Gasteiger partial charge >= 0.3 is 6.09 Å². The van der Waals surface area contributed by atoms with Crippen molar-refractivity contribution in [3.63, 3.8) is 0 Å². The molecule has 0 aromatic carbocycles. The lowest BCUT2D eigenvalue weighted by atomic mass is 9.90. The Bertz CT molecular complexity index is 423. The summed E-state index contributed by atoms with van der Waals surface area (Å²) in [5, 5.41) is 9.02. The molecule has 18 heavy (non-hydrogen) atoms. The van der Waals surface area contributed by atoms with Crippen LogP contribution >= 0.6 is 0 Å².